The summed E-state index contributed by atoms with van der Waals surface area (Å²) in [7, 11) is 0. The van der Waals surface area contributed by atoms with Crippen LogP contribution in [-0.2, 0) is 0 Å². The SMILES string of the molecule is NC(=O)c1cc(Sc2ccc(C(=O)O)cc2)ccn1. The van der Waals surface area contributed by atoms with Crippen molar-refractivity contribution in [3.63, 3.8) is 0 Å². The first-order valence-corrected chi connectivity index (χ1v) is 6.15. The first-order chi connectivity index (χ1) is 9.06. The van der Waals surface area contributed by atoms with E-state index in [-0.39, 0.29) is 11.3 Å². The quantitative estimate of drug-likeness (QED) is 0.889. The fraction of sp³-hybridized carbons (Fsp3) is 0. The molecule has 1 amide bonds. The molecule has 6 heteroatoms. The van der Waals surface area contributed by atoms with Gasteiger partial charge in [0.05, 0.1) is 5.56 Å². The Morgan fingerprint density at radius 2 is 1.79 bits per heavy atom. The van der Waals surface area contributed by atoms with Crippen molar-refractivity contribution in [2.75, 3.05) is 0 Å². The molecule has 96 valence electrons. The van der Waals surface area contributed by atoms with Gasteiger partial charge in [-0.05, 0) is 36.4 Å². The molecule has 0 unspecified atom stereocenters. The van der Waals surface area contributed by atoms with Gasteiger partial charge in [0.1, 0.15) is 5.69 Å². The number of carbonyl (C=O) groups excluding carboxylic acids is 1. The number of rotatable bonds is 4. The molecule has 5 nitrogen and oxygen atoms in total. The van der Waals surface area contributed by atoms with Crippen LogP contribution in [0.25, 0.3) is 0 Å². The van der Waals surface area contributed by atoms with Gasteiger partial charge in [-0.3, -0.25) is 9.78 Å². The van der Waals surface area contributed by atoms with Crippen LogP contribution in [0.15, 0.2) is 52.4 Å². The van der Waals surface area contributed by atoms with E-state index in [0.29, 0.717) is 0 Å². The van der Waals surface area contributed by atoms with Crippen molar-refractivity contribution in [2.24, 2.45) is 5.73 Å². The van der Waals surface area contributed by atoms with E-state index in [4.69, 9.17) is 10.8 Å². The van der Waals surface area contributed by atoms with Crippen molar-refractivity contribution in [1.29, 1.82) is 0 Å². The Morgan fingerprint density at radius 1 is 1.11 bits per heavy atom. The highest BCUT2D eigenvalue weighted by molar-refractivity contribution is 7.99. The molecule has 0 aliphatic rings. The number of carbonyl (C=O) groups is 2. The van der Waals surface area contributed by atoms with Gasteiger partial charge in [-0.25, -0.2) is 4.79 Å². The highest BCUT2D eigenvalue weighted by Gasteiger charge is 2.05. The van der Waals surface area contributed by atoms with E-state index in [0.717, 1.165) is 9.79 Å². The number of hydrogen-bond acceptors (Lipinski definition) is 4. The van der Waals surface area contributed by atoms with Gasteiger partial charge in [0, 0.05) is 16.0 Å². The van der Waals surface area contributed by atoms with E-state index in [2.05, 4.69) is 4.98 Å². The molecule has 1 aromatic carbocycles. The van der Waals surface area contributed by atoms with E-state index >= 15 is 0 Å². The lowest BCUT2D eigenvalue weighted by molar-refractivity contribution is 0.0696. The van der Waals surface area contributed by atoms with Gasteiger partial charge in [0.25, 0.3) is 5.91 Å². The molecule has 0 saturated heterocycles. The van der Waals surface area contributed by atoms with Gasteiger partial charge in [-0.15, -0.1) is 0 Å². The van der Waals surface area contributed by atoms with Crippen LogP contribution in [0.1, 0.15) is 20.8 Å². The minimum Gasteiger partial charge on any atom is -0.478 e. The third-order valence-electron chi connectivity index (χ3n) is 2.32. The topological polar surface area (TPSA) is 93.3 Å². The first kappa shape index (κ1) is 13.1. The number of aromatic carboxylic acids is 1. The van der Waals surface area contributed by atoms with Gasteiger partial charge >= 0.3 is 5.97 Å². The summed E-state index contributed by atoms with van der Waals surface area (Å²) in [6.07, 6.45) is 1.51. The van der Waals surface area contributed by atoms with Crippen LogP contribution in [0.2, 0.25) is 0 Å². The molecular formula is C13H10N2O3S. The Labute approximate surface area is 113 Å². The molecule has 0 atom stereocenters. The number of aromatic nitrogens is 1. The van der Waals surface area contributed by atoms with E-state index in [9.17, 15) is 9.59 Å². The van der Waals surface area contributed by atoms with Gasteiger partial charge in [-0.2, -0.15) is 0 Å². The van der Waals surface area contributed by atoms with Crippen LogP contribution >= 0.6 is 11.8 Å². The normalized spacial score (nSPS) is 10.1. The Kier molecular flexibility index (Phi) is 3.82. The summed E-state index contributed by atoms with van der Waals surface area (Å²) >= 11 is 1.40. The van der Waals surface area contributed by atoms with Gasteiger partial charge < -0.3 is 10.8 Å². The Morgan fingerprint density at radius 3 is 2.37 bits per heavy atom. The maximum absolute atomic E-state index is 11.0. The molecule has 19 heavy (non-hydrogen) atoms. The van der Waals surface area contributed by atoms with E-state index in [1.165, 1.54) is 30.1 Å². The minimum absolute atomic E-state index is 0.201. The van der Waals surface area contributed by atoms with Gasteiger partial charge in [0.2, 0.25) is 0 Å². The maximum Gasteiger partial charge on any atom is 0.335 e. The highest BCUT2D eigenvalue weighted by Crippen LogP contribution is 2.27. The van der Waals surface area contributed by atoms with Gasteiger partial charge in [-0.1, -0.05) is 11.8 Å². The lowest BCUT2D eigenvalue weighted by atomic mass is 10.2. The van der Waals surface area contributed by atoms with E-state index in [1.54, 1.807) is 24.3 Å². The predicted molar refractivity (Wildman–Crippen MR) is 70.3 cm³/mol. The fourth-order valence-corrected chi connectivity index (χ4v) is 2.25. The van der Waals surface area contributed by atoms with Gasteiger partial charge in [0.15, 0.2) is 0 Å². The number of hydrogen-bond donors (Lipinski definition) is 2. The lowest BCUT2D eigenvalue weighted by Crippen LogP contribution is -2.12. The average molecular weight is 274 g/mol. The zero-order chi connectivity index (χ0) is 13.8. The minimum atomic E-state index is -0.962. The number of nitrogens with two attached hydrogens (primary N) is 1. The molecule has 2 rings (SSSR count). The summed E-state index contributed by atoms with van der Waals surface area (Å²) in [6, 6.07) is 9.82. The second-order valence-corrected chi connectivity index (χ2v) is 4.82. The molecule has 3 N–H and O–H groups in total. The molecule has 0 saturated carbocycles. The molecule has 0 fully saturated rings. The molecule has 1 aromatic heterocycles. The third kappa shape index (κ3) is 3.32. The Hall–Kier alpha value is -2.34. The molecule has 2 aromatic rings. The highest BCUT2D eigenvalue weighted by atomic mass is 32.2. The summed E-state index contributed by atoms with van der Waals surface area (Å²) in [4.78, 5) is 27.3. The summed E-state index contributed by atoms with van der Waals surface area (Å²) in [5, 5.41) is 8.80. The molecule has 0 aliphatic carbocycles. The van der Waals surface area contributed by atoms with Crippen LogP contribution in [0.4, 0.5) is 0 Å². The summed E-state index contributed by atoms with van der Waals surface area (Å²) < 4.78 is 0. The van der Waals surface area contributed by atoms with Crippen molar-refractivity contribution in [3.8, 4) is 0 Å². The number of carboxylic acid groups (broad SMARTS) is 1. The van der Waals surface area contributed by atoms with Crippen LogP contribution in [0.3, 0.4) is 0 Å². The second kappa shape index (κ2) is 5.53. The summed E-state index contributed by atoms with van der Waals surface area (Å²) in [5.41, 5.74) is 5.59. The maximum atomic E-state index is 11.0. The van der Waals surface area contributed by atoms with E-state index < -0.39 is 11.9 Å². The molecule has 0 radical (unpaired) electrons. The van der Waals surface area contributed by atoms with Crippen LogP contribution < -0.4 is 5.73 Å². The molecule has 0 aliphatic heterocycles. The fourth-order valence-electron chi connectivity index (χ4n) is 1.41. The third-order valence-corrected chi connectivity index (χ3v) is 3.32. The van der Waals surface area contributed by atoms with Crippen LogP contribution in [0, 0.1) is 0 Å². The van der Waals surface area contributed by atoms with Crippen molar-refractivity contribution in [3.05, 3.63) is 53.9 Å². The molecular weight excluding hydrogens is 264 g/mol. The van der Waals surface area contributed by atoms with Crippen LogP contribution in [-0.4, -0.2) is 22.0 Å². The zero-order valence-corrected chi connectivity index (χ0v) is 10.6. The first-order valence-electron chi connectivity index (χ1n) is 5.33. The average Bonchev–Trinajstić information content (AvgIpc) is 2.39. The number of carboxylic acids is 1. The number of nitrogens with zero attached hydrogens (tertiary/aromatic N) is 1. The molecule has 1 heterocycles. The largest absolute Gasteiger partial charge is 0.478 e. The van der Waals surface area contributed by atoms with Crippen molar-refractivity contribution in [2.45, 2.75) is 9.79 Å². The van der Waals surface area contributed by atoms with E-state index in [1.807, 2.05) is 0 Å². The monoisotopic (exact) mass is 274 g/mol. The number of benzene rings is 1. The zero-order valence-electron chi connectivity index (χ0n) is 9.74. The summed E-state index contributed by atoms with van der Waals surface area (Å²) in [5.74, 6) is -1.54. The van der Waals surface area contributed by atoms with Crippen molar-refractivity contribution < 1.29 is 14.7 Å². The predicted octanol–water partition coefficient (Wildman–Crippen LogP) is 2.03. The Bertz CT molecular complexity index is 626. The second-order valence-electron chi connectivity index (χ2n) is 3.67. The standard InChI is InChI=1S/C13H10N2O3S/c14-12(16)11-7-10(5-6-15-11)19-9-3-1-8(2-4-9)13(17)18/h1-7H,(H2,14,16)(H,17,18). The Balaban J connectivity index is 2.19. The lowest BCUT2D eigenvalue weighted by Gasteiger charge is -2.03. The molecule has 0 spiro atoms. The van der Waals surface area contributed by atoms with Crippen molar-refractivity contribution >= 4 is 23.6 Å². The molecule has 0 bridgehead atoms. The number of amides is 1. The summed E-state index contributed by atoms with van der Waals surface area (Å²) in [6.45, 7) is 0. The number of pyridine rings is 1. The number of primary amides is 1. The van der Waals surface area contributed by atoms with Crippen molar-refractivity contribution in [1.82, 2.24) is 4.98 Å². The van der Waals surface area contributed by atoms with Crippen LogP contribution in [0.5, 0.6) is 0 Å². The smallest absolute Gasteiger partial charge is 0.335 e.